The Bertz CT molecular complexity index is 1370. The lowest BCUT2D eigenvalue weighted by Crippen LogP contribution is -2.43. The van der Waals surface area contributed by atoms with Crippen LogP contribution >= 0.6 is 22.9 Å². The van der Waals surface area contributed by atoms with Crippen LogP contribution in [0.1, 0.15) is 62.4 Å². The SMILES string of the molecule is CCC1CCCCN1S(=O)(=O)c1ccc(C(=O)N(CCN(CC)CC)c2nc3c(C)cc(Cl)cc3s2)cc1. The average Bonchev–Trinajstić information content (AvgIpc) is 3.35. The summed E-state index contributed by atoms with van der Waals surface area (Å²) >= 11 is 7.72. The summed E-state index contributed by atoms with van der Waals surface area (Å²) in [7, 11) is -3.61. The maximum Gasteiger partial charge on any atom is 0.260 e. The highest BCUT2D eigenvalue weighted by molar-refractivity contribution is 7.89. The lowest BCUT2D eigenvalue weighted by Gasteiger charge is -2.34. The van der Waals surface area contributed by atoms with Crippen molar-refractivity contribution >= 4 is 54.2 Å². The maximum absolute atomic E-state index is 13.8. The predicted octanol–water partition coefficient (Wildman–Crippen LogP) is 6.20. The number of carbonyl (C=O) groups excluding carboxylic acids is 1. The van der Waals surface area contributed by atoms with Crippen molar-refractivity contribution in [3.63, 3.8) is 0 Å². The topological polar surface area (TPSA) is 73.8 Å². The molecule has 2 heterocycles. The van der Waals surface area contributed by atoms with Gasteiger partial charge in [-0.1, -0.05) is 50.1 Å². The van der Waals surface area contributed by atoms with Gasteiger partial charge in [-0.3, -0.25) is 9.69 Å². The molecule has 0 saturated carbocycles. The van der Waals surface area contributed by atoms with E-state index in [4.69, 9.17) is 16.6 Å². The van der Waals surface area contributed by atoms with E-state index in [0.29, 0.717) is 35.4 Å². The molecule has 1 aliphatic rings. The molecule has 4 rings (SSSR count). The van der Waals surface area contributed by atoms with Crippen LogP contribution < -0.4 is 4.90 Å². The lowest BCUT2D eigenvalue weighted by molar-refractivity contribution is 0.0983. The molecule has 7 nitrogen and oxygen atoms in total. The number of aromatic nitrogens is 1. The minimum atomic E-state index is -3.61. The highest BCUT2D eigenvalue weighted by Gasteiger charge is 2.32. The van der Waals surface area contributed by atoms with Crippen LogP contribution in [0.15, 0.2) is 41.3 Å². The van der Waals surface area contributed by atoms with Crippen molar-refractivity contribution in [1.82, 2.24) is 14.2 Å². The number of halogens is 1. The second-order valence-corrected chi connectivity index (χ2v) is 13.1. The molecule has 1 fully saturated rings. The Labute approximate surface area is 235 Å². The monoisotopic (exact) mass is 576 g/mol. The van der Waals surface area contributed by atoms with E-state index in [-0.39, 0.29) is 16.8 Å². The summed E-state index contributed by atoms with van der Waals surface area (Å²) in [5.74, 6) is -0.201. The molecule has 0 spiro atoms. The van der Waals surface area contributed by atoms with Gasteiger partial charge in [0.1, 0.15) is 0 Å². The standard InChI is InChI=1S/C28H37ClN4O3S2/c1-5-23-10-8-9-15-33(23)38(35,36)24-13-11-21(12-14-24)27(34)32(17-16-31(6-2)7-3)28-30-26-20(4)18-22(29)19-25(26)37-28/h11-14,18-19,23H,5-10,15-17H2,1-4H3. The van der Waals surface area contributed by atoms with Gasteiger partial charge >= 0.3 is 0 Å². The minimum Gasteiger partial charge on any atom is -0.302 e. The van der Waals surface area contributed by atoms with Gasteiger partial charge in [-0.25, -0.2) is 13.4 Å². The van der Waals surface area contributed by atoms with Crippen molar-refractivity contribution in [2.24, 2.45) is 0 Å². The Balaban J connectivity index is 1.64. The number of aryl methyl sites for hydroxylation is 1. The molecule has 10 heteroatoms. The summed E-state index contributed by atoms with van der Waals surface area (Å²) in [6.07, 6.45) is 3.62. The first kappa shape index (κ1) is 29.0. The normalized spacial score (nSPS) is 16.8. The van der Waals surface area contributed by atoms with Gasteiger partial charge in [0, 0.05) is 36.3 Å². The van der Waals surface area contributed by atoms with Gasteiger partial charge in [-0.05, 0) is 81.2 Å². The molecule has 1 aliphatic heterocycles. The van der Waals surface area contributed by atoms with Crippen LogP contribution in [0.3, 0.4) is 0 Å². The van der Waals surface area contributed by atoms with Crippen molar-refractivity contribution < 1.29 is 13.2 Å². The van der Waals surface area contributed by atoms with Crippen molar-refractivity contribution in [2.75, 3.05) is 37.6 Å². The summed E-state index contributed by atoms with van der Waals surface area (Å²) in [5, 5.41) is 1.25. The van der Waals surface area contributed by atoms with E-state index in [1.807, 2.05) is 26.0 Å². The third kappa shape index (κ3) is 6.07. The Morgan fingerprint density at radius 3 is 2.47 bits per heavy atom. The Morgan fingerprint density at radius 2 is 1.82 bits per heavy atom. The largest absolute Gasteiger partial charge is 0.302 e. The Hall–Kier alpha value is -2.04. The third-order valence-electron chi connectivity index (χ3n) is 7.40. The van der Waals surface area contributed by atoms with E-state index in [9.17, 15) is 13.2 Å². The molecule has 1 amide bonds. The molecule has 0 N–H and O–H groups in total. The van der Waals surface area contributed by atoms with E-state index >= 15 is 0 Å². The number of thiazole rings is 1. The number of rotatable bonds is 10. The summed E-state index contributed by atoms with van der Waals surface area (Å²) in [6.45, 7) is 11.7. The second-order valence-electron chi connectivity index (χ2n) is 9.75. The first-order valence-corrected chi connectivity index (χ1v) is 16.1. The van der Waals surface area contributed by atoms with Crippen LogP contribution in [0.4, 0.5) is 5.13 Å². The van der Waals surface area contributed by atoms with Crippen molar-refractivity contribution in [3.8, 4) is 0 Å². The summed E-state index contributed by atoms with van der Waals surface area (Å²) < 4.78 is 29.4. The molecule has 3 aromatic rings. The van der Waals surface area contributed by atoms with Gasteiger partial charge in [0.25, 0.3) is 5.91 Å². The third-order valence-corrected chi connectivity index (χ3v) is 10.6. The fraction of sp³-hybridized carbons (Fsp3) is 0.500. The number of sulfonamides is 1. The highest BCUT2D eigenvalue weighted by atomic mass is 35.5. The van der Waals surface area contributed by atoms with E-state index in [1.54, 1.807) is 33.5 Å². The molecule has 1 aromatic heterocycles. The van der Waals surface area contributed by atoms with Gasteiger partial charge in [0.2, 0.25) is 10.0 Å². The van der Waals surface area contributed by atoms with E-state index in [1.165, 1.54) is 11.3 Å². The Kier molecular flexibility index (Phi) is 9.47. The molecular formula is C28H37ClN4O3S2. The minimum absolute atomic E-state index is 0.0293. The van der Waals surface area contributed by atoms with Crippen LogP contribution in [0.25, 0.3) is 10.2 Å². The number of nitrogens with zero attached hydrogens (tertiary/aromatic N) is 4. The summed E-state index contributed by atoms with van der Waals surface area (Å²) in [5.41, 5.74) is 2.23. The van der Waals surface area contributed by atoms with Gasteiger partial charge in [-0.15, -0.1) is 0 Å². The maximum atomic E-state index is 13.8. The van der Waals surface area contributed by atoms with E-state index < -0.39 is 10.0 Å². The zero-order valence-electron chi connectivity index (χ0n) is 22.6. The fourth-order valence-electron chi connectivity index (χ4n) is 5.08. The molecule has 0 radical (unpaired) electrons. The smallest absolute Gasteiger partial charge is 0.260 e. The first-order valence-electron chi connectivity index (χ1n) is 13.4. The van der Waals surface area contributed by atoms with Crippen molar-refractivity contribution in [2.45, 2.75) is 64.3 Å². The molecule has 206 valence electrons. The molecule has 0 aliphatic carbocycles. The second kappa shape index (κ2) is 12.4. The van der Waals surface area contributed by atoms with Crippen LogP contribution in [-0.4, -0.2) is 67.3 Å². The molecule has 0 bridgehead atoms. The number of hydrogen-bond acceptors (Lipinski definition) is 6. The van der Waals surface area contributed by atoms with Gasteiger partial charge in [0.05, 0.1) is 15.1 Å². The van der Waals surface area contributed by atoms with Crippen molar-refractivity contribution in [1.29, 1.82) is 0 Å². The zero-order valence-corrected chi connectivity index (χ0v) is 25.0. The highest BCUT2D eigenvalue weighted by Crippen LogP contribution is 2.34. The fourth-order valence-corrected chi connectivity index (χ4v) is 8.29. The van der Waals surface area contributed by atoms with E-state index in [2.05, 4.69) is 18.7 Å². The lowest BCUT2D eigenvalue weighted by atomic mass is 10.0. The van der Waals surface area contributed by atoms with Gasteiger partial charge < -0.3 is 4.90 Å². The van der Waals surface area contributed by atoms with Crippen LogP contribution in [0, 0.1) is 6.92 Å². The number of fused-ring (bicyclic) bond motifs is 1. The van der Waals surface area contributed by atoms with Crippen LogP contribution in [0.5, 0.6) is 0 Å². The van der Waals surface area contributed by atoms with E-state index in [0.717, 1.165) is 54.6 Å². The number of amides is 1. The number of anilines is 1. The number of likely N-dealkylation sites (N-methyl/N-ethyl adjacent to an activating group) is 1. The summed E-state index contributed by atoms with van der Waals surface area (Å²) in [6, 6.07) is 10.2. The number of carbonyl (C=O) groups is 1. The molecular weight excluding hydrogens is 540 g/mol. The number of piperidine rings is 1. The van der Waals surface area contributed by atoms with Crippen molar-refractivity contribution in [3.05, 3.63) is 52.5 Å². The predicted molar refractivity (Wildman–Crippen MR) is 157 cm³/mol. The molecule has 1 saturated heterocycles. The molecule has 1 atom stereocenters. The van der Waals surface area contributed by atoms with Gasteiger partial charge in [0.15, 0.2) is 5.13 Å². The first-order chi connectivity index (χ1) is 18.2. The molecule has 38 heavy (non-hydrogen) atoms. The van der Waals surface area contributed by atoms with Crippen LogP contribution in [0.2, 0.25) is 5.02 Å². The van der Waals surface area contributed by atoms with Crippen LogP contribution in [-0.2, 0) is 10.0 Å². The summed E-state index contributed by atoms with van der Waals surface area (Å²) in [4.78, 5) is 22.8. The molecule has 1 unspecified atom stereocenters. The Morgan fingerprint density at radius 1 is 1.11 bits per heavy atom. The van der Waals surface area contributed by atoms with Gasteiger partial charge in [-0.2, -0.15) is 4.31 Å². The quantitative estimate of drug-likeness (QED) is 0.287. The molecule has 2 aromatic carbocycles. The number of benzene rings is 2. The average molecular weight is 577 g/mol. The zero-order chi connectivity index (χ0) is 27.4. The number of hydrogen-bond donors (Lipinski definition) is 0.